The van der Waals surface area contributed by atoms with Gasteiger partial charge in [0.25, 0.3) is 5.56 Å². The normalized spacial score (nSPS) is 11.1. The zero-order valence-corrected chi connectivity index (χ0v) is 19.7. The monoisotopic (exact) mass is 436 g/mol. The molecule has 0 fully saturated rings. The van der Waals surface area contributed by atoms with Gasteiger partial charge in [-0.05, 0) is 74.7 Å². The van der Waals surface area contributed by atoms with E-state index in [0.717, 1.165) is 48.1 Å². The van der Waals surface area contributed by atoms with Crippen LogP contribution < -0.4 is 10.9 Å². The molecule has 0 saturated heterocycles. The summed E-state index contributed by atoms with van der Waals surface area (Å²) in [6.45, 7) is 6.93. The molecule has 0 aliphatic carbocycles. The highest BCUT2D eigenvalue weighted by molar-refractivity contribution is 7.80. The number of thiocarbonyl (C=S) groups is 1. The predicted molar refractivity (Wildman–Crippen MR) is 134 cm³/mol. The van der Waals surface area contributed by atoms with Crippen molar-refractivity contribution in [3.05, 3.63) is 81.1 Å². The third kappa shape index (κ3) is 6.15. The zero-order valence-electron chi connectivity index (χ0n) is 18.9. The molecule has 1 aromatic heterocycles. The highest BCUT2D eigenvalue weighted by Crippen LogP contribution is 2.19. The molecule has 0 saturated carbocycles. The van der Waals surface area contributed by atoms with Crippen LogP contribution in [0.4, 0.5) is 0 Å². The fourth-order valence-corrected chi connectivity index (χ4v) is 3.79. The van der Waals surface area contributed by atoms with Crippen LogP contribution in [0.15, 0.2) is 53.3 Å². The quantitative estimate of drug-likeness (QED) is 0.528. The lowest BCUT2D eigenvalue weighted by atomic mass is 10.0. The minimum Gasteiger partial charge on any atom is -0.362 e. The molecule has 2 aromatic carbocycles. The van der Waals surface area contributed by atoms with Crippen molar-refractivity contribution in [3.63, 3.8) is 0 Å². The molecule has 0 bridgehead atoms. The smallest absolute Gasteiger partial charge is 0.253 e. The maximum atomic E-state index is 12.8. The first-order valence-electron chi connectivity index (χ1n) is 10.7. The zero-order chi connectivity index (χ0) is 22.4. The fraction of sp³-hybridized carbons (Fsp3) is 0.360. The summed E-state index contributed by atoms with van der Waals surface area (Å²) in [5.41, 5.74) is 5.15. The first kappa shape index (κ1) is 23.0. The summed E-state index contributed by atoms with van der Waals surface area (Å²) in [6.07, 6.45) is 0.900. The Morgan fingerprint density at radius 3 is 2.52 bits per heavy atom. The van der Waals surface area contributed by atoms with E-state index in [1.165, 1.54) is 11.1 Å². The number of nitrogens with zero attached hydrogens (tertiary/aromatic N) is 2. The molecule has 3 aromatic rings. The molecule has 5 nitrogen and oxygen atoms in total. The van der Waals surface area contributed by atoms with Gasteiger partial charge in [-0.1, -0.05) is 42.5 Å². The number of pyridine rings is 1. The molecule has 0 aliphatic heterocycles. The van der Waals surface area contributed by atoms with Crippen molar-refractivity contribution in [2.75, 3.05) is 33.7 Å². The summed E-state index contributed by atoms with van der Waals surface area (Å²) in [5, 5.41) is 5.10. The highest BCUT2D eigenvalue weighted by atomic mass is 32.1. The van der Waals surface area contributed by atoms with E-state index in [9.17, 15) is 4.79 Å². The third-order valence-corrected chi connectivity index (χ3v) is 6.03. The molecule has 0 aliphatic rings. The van der Waals surface area contributed by atoms with Crippen LogP contribution in [-0.4, -0.2) is 53.6 Å². The largest absolute Gasteiger partial charge is 0.362 e. The molecule has 3 rings (SSSR count). The maximum absolute atomic E-state index is 12.8. The van der Waals surface area contributed by atoms with E-state index in [4.69, 9.17) is 12.2 Å². The van der Waals surface area contributed by atoms with E-state index in [2.05, 4.69) is 51.3 Å². The van der Waals surface area contributed by atoms with Crippen molar-refractivity contribution in [3.8, 4) is 0 Å². The van der Waals surface area contributed by atoms with Crippen molar-refractivity contribution in [2.24, 2.45) is 0 Å². The van der Waals surface area contributed by atoms with Gasteiger partial charge in [-0.15, -0.1) is 0 Å². The number of hydrogen-bond acceptors (Lipinski definition) is 3. The summed E-state index contributed by atoms with van der Waals surface area (Å²) in [7, 11) is 4.08. The Hall–Kier alpha value is -2.70. The number of likely N-dealkylation sites (N-methyl/N-ethyl adjacent to an activating group) is 1. The van der Waals surface area contributed by atoms with E-state index in [1.807, 2.05) is 45.3 Å². The molecule has 0 amide bonds. The van der Waals surface area contributed by atoms with Gasteiger partial charge in [0.05, 0.1) is 12.1 Å². The SMILES string of the molecule is Cc1ccc2cc(CN(CCN(C)C)C(=S)NCCc3ccccc3)c(=O)[nH]c2c1C. The minimum atomic E-state index is -0.0526. The lowest BCUT2D eigenvalue weighted by Gasteiger charge is -2.27. The number of H-pyrrole nitrogens is 1. The lowest BCUT2D eigenvalue weighted by molar-refractivity contribution is 0.322. The third-order valence-electron chi connectivity index (χ3n) is 5.63. The van der Waals surface area contributed by atoms with Gasteiger partial charge >= 0.3 is 0 Å². The minimum absolute atomic E-state index is 0.0526. The van der Waals surface area contributed by atoms with Gasteiger partial charge in [-0.3, -0.25) is 4.79 Å². The Morgan fingerprint density at radius 2 is 1.81 bits per heavy atom. The van der Waals surface area contributed by atoms with Crippen LogP contribution in [0.25, 0.3) is 10.9 Å². The number of benzene rings is 2. The number of nitrogens with one attached hydrogen (secondary N) is 2. The molecule has 6 heteroatoms. The number of hydrogen-bond donors (Lipinski definition) is 2. The van der Waals surface area contributed by atoms with Gasteiger partial charge in [0, 0.05) is 25.2 Å². The van der Waals surface area contributed by atoms with Gasteiger partial charge < -0.3 is 20.1 Å². The molecule has 31 heavy (non-hydrogen) atoms. The van der Waals surface area contributed by atoms with Gasteiger partial charge in [0.2, 0.25) is 0 Å². The summed E-state index contributed by atoms with van der Waals surface area (Å²) < 4.78 is 0. The summed E-state index contributed by atoms with van der Waals surface area (Å²) in [4.78, 5) is 20.1. The average molecular weight is 437 g/mol. The van der Waals surface area contributed by atoms with Crippen LogP contribution in [0.3, 0.4) is 0 Å². The second-order valence-corrected chi connectivity index (χ2v) is 8.67. The molecule has 2 N–H and O–H groups in total. The number of aryl methyl sites for hydroxylation is 2. The van der Waals surface area contributed by atoms with Gasteiger partial charge in [-0.25, -0.2) is 0 Å². The summed E-state index contributed by atoms with van der Waals surface area (Å²) in [6, 6.07) is 16.5. The Labute approximate surface area is 190 Å². The first-order valence-corrected chi connectivity index (χ1v) is 11.1. The molecular weight excluding hydrogens is 404 g/mol. The Morgan fingerprint density at radius 1 is 1.06 bits per heavy atom. The fourth-order valence-electron chi connectivity index (χ4n) is 3.54. The van der Waals surface area contributed by atoms with Crippen LogP contribution in [-0.2, 0) is 13.0 Å². The standard InChI is InChI=1S/C25H32N4OS/c1-18-10-11-21-16-22(24(30)27-23(21)19(18)2)17-29(15-14-28(3)4)25(31)26-13-12-20-8-6-5-7-9-20/h5-11,16H,12-15,17H2,1-4H3,(H,26,31)(H,27,30). The molecule has 1 heterocycles. The number of rotatable bonds is 8. The number of fused-ring (bicyclic) bond motifs is 1. The lowest BCUT2D eigenvalue weighted by Crippen LogP contribution is -2.43. The highest BCUT2D eigenvalue weighted by Gasteiger charge is 2.14. The van der Waals surface area contributed by atoms with Crippen LogP contribution in [0.5, 0.6) is 0 Å². The van der Waals surface area contributed by atoms with Gasteiger partial charge in [-0.2, -0.15) is 0 Å². The van der Waals surface area contributed by atoms with E-state index in [1.54, 1.807) is 0 Å². The van der Waals surface area contributed by atoms with Crippen molar-refractivity contribution < 1.29 is 0 Å². The average Bonchev–Trinajstić information content (AvgIpc) is 2.75. The second kappa shape index (κ2) is 10.6. The maximum Gasteiger partial charge on any atom is 0.253 e. The van der Waals surface area contributed by atoms with Crippen LogP contribution in [0.1, 0.15) is 22.3 Å². The molecule has 0 spiro atoms. The Bertz CT molecular complexity index is 1090. The summed E-state index contributed by atoms with van der Waals surface area (Å²) >= 11 is 5.70. The number of aromatic nitrogens is 1. The molecule has 0 unspecified atom stereocenters. The first-order chi connectivity index (χ1) is 14.8. The van der Waals surface area contributed by atoms with E-state index < -0.39 is 0 Å². The molecule has 0 radical (unpaired) electrons. The van der Waals surface area contributed by atoms with Crippen LogP contribution in [0, 0.1) is 13.8 Å². The number of aromatic amines is 1. The van der Waals surface area contributed by atoms with Crippen molar-refractivity contribution in [1.29, 1.82) is 0 Å². The van der Waals surface area contributed by atoms with E-state index in [0.29, 0.717) is 11.7 Å². The van der Waals surface area contributed by atoms with Crippen molar-refractivity contribution in [2.45, 2.75) is 26.8 Å². The van der Waals surface area contributed by atoms with E-state index in [-0.39, 0.29) is 5.56 Å². The second-order valence-electron chi connectivity index (χ2n) is 8.29. The van der Waals surface area contributed by atoms with Crippen LogP contribution >= 0.6 is 12.2 Å². The van der Waals surface area contributed by atoms with Gasteiger partial charge in [0.15, 0.2) is 5.11 Å². The van der Waals surface area contributed by atoms with Crippen molar-refractivity contribution in [1.82, 2.24) is 20.1 Å². The topological polar surface area (TPSA) is 51.4 Å². The van der Waals surface area contributed by atoms with E-state index >= 15 is 0 Å². The molecular formula is C25H32N4OS. The summed E-state index contributed by atoms with van der Waals surface area (Å²) in [5.74, 6) is 0. The van der Waals surface area contributed by atoms with Crippen LogP contribution in [0.2, 0.25) is 0 Å². The molecule has 0 atom stereocenters. The predicted octanol–water partition coefficient (Wildman–Crippen LogP) is 3.63. The van der Waals surface area contributed by atoms with Crippen molar-refractivity contribution >= 4 is 28.2 Å². The Balaban J connectivity index is 1.75. The molecule has 164 valence electrons. The van der Waals surface area contributed by atoms with Gasteiger partial charge in [0.1, 0.15) is 0 Å². The Kier molecular flexibility index (Phi) is 7.82.